The molecule has 1 amide bonds. The van der Waals surface area contributed by atoms with Crippen molar-refractivity contribution in [2.75, 3.05) is 13.6 Å². The summed E-state index contributed by atoms with van der Waals surface area (Å²) in [7, 11) is 1.95. The van der Waals surface area contributed by atoms with Crippen LogP contribution in [-0.2, 0) is 4.79 Å². The number of amides is 1. The van der Waals surface area contributed by atoms with Crippen LogP contribution in [0.4, 0.5) is 0 Å². The molecule has 1 N–H and O–H groups in total. The molecule has 1 aliphatic rings. The maximum atomic E-state index is 12.3. The molecule has 1 saturated heterocycles. The lowest BCUT2D eigenvalue weighted by Gasteiger charge is -2.33. The minimum absolute atomic E-state index is 0.286. The Morgan fingerprint density at radius 2 is 2.06 bits per heavy atom. The number of nitrogens with one attached hydrogen (secondary N) is 1. The summed E-state index contributed by atoms with van der Waals surface area (Å²) >= 11 is 0. The summed E-state index contributed by atoms with van der Waals surface area (Å²) in [6, 6.07) is 0.719. The topological polar surface area (TPSA) is 32.3 Å². The van der Waals surface area contributed by atoms with Gasteiger partial charge in [0.05, 0.1) is 0 Å². The highest BCUT2D eigenvalue weighted by atomic mass is 16.2. The third kappa shape index (κ3) is 4.60. The molecule has 3 atom stereocenters. The summed E-state index contributed by atoms with van der Waals surface area (Å²) in [6.07, 6.45) is 4.22. The van der Waals surface area contributed by atoms with Crippen LogP contribution >= 0.6 is 0 Å². The molecule has 0 saturated carbocycles. The van der Waals surface area contributed by atoms with Gasteiger partial charge in [-0.05, 0) is 44.6 Å². The van der Waals surface area contributed by atoms with E-state index in [1.165, 1.54) is 12.8 Å². The lowest BCUT2D eigenvalue weighted by Crippen LogP contribution is -2.45. The Balaban J connectivity index is 2.43. The summed E-state index contributed by atoms with van der Waals surface area (Å²) in [6.45, 7) is 9.88. The molecule has 3 heteroatoms. The molecule has 0 aromatic heterocycles. The van der Waals surface area contributed by atoms with Crippen molar-refractivity contribution in [1.82, 2.24) is 10.2 Å². The molecular formula is C15H30N2O. The van der Waals surface area contributed by atoms with Gasteiger partial charge in [-0.15, -0.1) is 0 Å². The van der Waals surface area contributed by atoms with Crippen LogP contribution in [0, 0.1) is 11.8 Å². The highest BCUT2D eigenvalue weighted by molar-refractivity contribution is 5.76. The average Bonchev–Trinajstić information content (AvgIpc) is 2.30. The van der Waals surface area contributed by atoms with Crippen LogP contribution in [0.3, 0.4) is 0 Å². The fourth-order valence-corrected chi connectivity index (χ4v) is 2.81. The molecule has 0 aromatic carbocycles. The molecule has 0 aliphatic carbocycles. The number of rotatable bonds is 5. The first-order chi connectivity index (χ1) is 8.41. The van der Waals surface area contributed by atoms with Crippen LogP contribution in [0.5, 0.6) is 0 Å². The molecule has 0 bridgehead atoms. The van der Waals surface area contributed by atoms with Crippen LogP contribution < -0.4 is 5.32 Å². The molecule has 0 aromatic rings. The van der Waals surface area contributed by atoms with Crippen molar-refractivity contribution in [2.24, 2.45) is 11.8 Å². The van der Waals surface area contributed by atoms with Crippen molar-refractivity contribution in [3.8, 4) is 0 Å². The Labute approximate surface area is 112 Å². The number of carbonyl (C=O) groups is 1. The zero-order valence-electron chi connectivity index (χ0n) is 12.7. The van der Waals surface area contributed by atoms with E-state index in [0.29, 0.717) is 30.3 Å². The molecule has 1 aliphatic heterocycles. The summed E-state index contributed by atoms with van der Waals surface area (Å²) in [5.74, 6) is 1.55. The predicted octanol–water partition coefficient (Wildman–Crippen LogP) is 2.66. The largest absolute Gasteiger partial charge is 0.343 e. The van der Waals surface area contributed by atoms with E-state index in [-0.39, 0.29) is 5.91 Å². The molecule has 1 rings (SSSR count). The molecule has 18 heavy (non-hydrogen) atoms. The molecule has 1 fully saturated rings. The zero-order chi connectivity index (χ0) is 13.7. The average molecular weight is 254 g/mol. The van der Waals surface area contributed by atoms with E-state index in [4.69, 9.17) is 0 Å². The highest BCUT2D eigenvalue weighted by Gasteiger charge is 2.26. The van der Waals surface area contributed by atoms with Gasteiger partial charge in [-0.3, -0.25) is 4.79 Å². The third-order valence-electron chi connectivity index (χ3n) is 4.19. The van der Waals surface area contributed by atoms with Crippen molar-refractivity contribution in [2.45, 2.75) is 65.5 Å². The number of piperidine rings is 1. The van der Waals surface area contributed by atoms with E-state index in [0.717, 1.165) is 13.0 Å². The van der Waals surface area contributed by atoms with Gasteiger partial charge >= 0.3 is 0 Å². The second-order valence-corrected chi connectivity index (χ2v) is 6.37. The van der Waals surface area contributed by atoms with Gasteiger partial charge in [-0.1, -0.05) is 20.8 Å². The van der Waals surface area contributed by atoms with E-state index in [2.05, 4.69) is 33.0 Å². The molecule has 3 nitrogen and oxygen atoms in total. The van der Waals surface area contributed by atoms with E-state index in [9.17, 15) is 4.79 Å². The molecule has 106 valence electrons. The van der Waals surface area contributed by atoms with Crippen LogP contribution in [-0.4, -0.2) is 36.5 Å². The standard InChI is InChI=1S/C15H30N2O/c1-11(2)9-13(4)17(5)15(18)10-14-12(3)7-6-8-16-14/h11-14,16H,6-10H2,1-5H3. The quantitative estimate of drug-likeness (QED) is 0.818. The van der Waals surface area contributed by atoms with Crippen molar-refractivity contribution in [3.05, 3.63) is 0 Å². The minimum Gasteiger partial charge on any atom is -0.343 e. The van der Waals surface area contributed by atoms with E-state index in [1.54, 1.807) is 0 Å². The lowest BCUT2D eigenvalue weighted by atomic mass is 9.90. The number of nitrogens with zero attached hydrogens (tertiary/aromatic N) is 1. The van der Waals surface area contributed by atoms with Gasteiger partial charge < -0.3 is 10.2 Å². The highest BCUT2D eigenvalue weighted by Crippen LogP contribution is 2.19. The first kappa shape index (κ1) is 15.5. The van der Waals surface area contributed by atoms with Gasteiger partial charge in [0.25, 0.3) is 0 Å². The first-order valence-electron chi connectivity index (χ1n) is 7.40. The Hall–Kier alpha value is -0.570. The Morgan fingerprint density at radius 3 is 2.61 bits per heavy atom. The maximum absolute atomic E-state index is 12.3. The Kier molecular flexibility index (Phi) is 6.13. The SMILES string of the molecule is CC(C)CC(C)N(C)C(=O)CC1NCCCC1C. The summed E-state index contributed by atoms with van der Waals surface area (Å²) in [5.41, 5.74) is 0. The van der Waals surface area contributed by atoms with Crippen LogP contribution in [0.1, 0.15) is 53.4 Å². The summed E-state index contributed by atoms with van der Waals surface area (Å²) in [5, 5.41) is 3.49. The van der Waals surface area contributed by atoms with Gasteiger partial charge in [0.2, 0.25) is 5.91 Å². The monoisotopic (exact) mass is 254 g/mol. The Bertz CT molecular complexity index is 265. The van der Waals surface area contributed by atoms with Crippen LogP contribution in [0.15, 0.2) is 0 Å². The fourth-order valence-electron chi connectivity index (χ4n) is 2.81. The second-order valence-electron chi connectivity index (χ2n) is 6.37. The normalized spacial score (nSPS) is 26.1. The van der Waals surface area contributed by atoms with E-state index < -0.39 is 0 Å². The van der Waals surface area contributed by atoms with Gasteiger partial charge in [0.15, 0.2) is 0 Å². The fraction of sp³-hybridized carbons (Fsp3) is 0.933. The van der Waals surface area contributed by atoms with E-state index >= 15 is 0 Å². The molecule has 0 spiro atoms. The summed E-state index contributed by atoms with van der Waals surface area (Å²) in [4.78, 5) is 14.2. The number of carbonyl (C=O) groups excluding carboxylic acids is 1. The summed E-state index contributed by atoms with van der Waals surface area (Å²) < 4.78 is 0. The first-order valence-corrected chi connectivity index (χ1v) is 7.40. The van der Waals surface area contributed by atoms with Crippen LogP contribution in [0.2, 0.25) is 0 Å². The number of hydrogen-bond acceptors (Lipinski definition) is 2. The molecule has 0 radical (unpaired) electrons. The van der Waals surface area contributed by atoms with Gasteiger partial charge in [-0.2, -0.15) is 0 Å². The maximum Gasteiger partial charge on any atom is 0.224 e. The minimum atomic E-state index is 0.286. The Morgan fingerprint density at radius 1 is 1.39 bits per heavy atom. The van der Waals surface area contributed by atoms with Crippen molar-refractivity contribution in [1.29, 1.82) is 0 Å². The second kappa shape index (κ2) is 7.13. The van der Waals surface area contributed by atoms with Gasteiger partial charge in [0.1, 0.15) is 0 Å². The smallest absolute Gasteiger partial charge is 0.224 e. The molecule has 1 heterocycles. The third-order valence-corrected chi connectivity index (χ3v) is 4.19. The zero-order valence-corrected chi connectivity index (χ0v) is 12.7. The van der Waals surface area contributed by atoms with Crippen molar-refractivity contribution in [3.63, 3.8) is 0 Å². The lowest BCUT2D eigenvalue weighted by molar-refractivity contribution is -0.132. The van der Waals surface area contributed by atoms with Gasteiger partial charge in [0, 0.05) is 25.6 Å². The van der Waals surface area contributed by atoms with Crippen molar-refractivity contribution < 1.29 is 4.79 Å². The number of hydrogen-bond donors (Lipinski definition) is 1. The molecule has 3 unspecified atom stereocenters. The van der Waals surface area contributed by atoms with Crippen LogP contribution in [0.25, 0.3) is 0 Å². The van der Waals surface area contributed by atoms with Crippen molar-refractivity contribution >= 4 is 5.91 Å². The van der Waals surface area contributed by atoms with E-state index in [1.807, 2.05) is 11.9 Å². The van der Waals surface area contributed by atoms with Gasteiger partial charge in [-0.25, -0.2) is 0 Å². The molecular weight excluding hydrogens is 224 g/mol. The predicted molar refractivity (Wildman–Crippen MR) is 76.5 cm³/mol.